The molecule has 1 saturated carbocycles. The summed E-state index contributed by atoms with van der Waals surface area (Å²) in [6.07, 6.45) is 7.30. The molecule has 4 rings (SSSR count). The molecule has 0 aliphatic heterocycles. The molecule has 0 spiro atoms. The molecule has 1 aliphatic carbocycles. The number of nitrogens with zero attached hydrogens (tertiary/aromatic N) is 1. The van der Waals surface area contributed by atoms with Crippen molar-refractivity contribution in [2.45, 2.75) is 18.9 Å². The van der Waals surface area contributed by atoms with Crippen LogP contribution in [0.15, 0.2) is 48.8 Å². The molecule has 78 valence electrons. The number of hydrogen-bond donors (Lipinski definition) is 0. The van der Waals surface area contributed by atoms with Gasteiger partial charge in [0.15, 0.2) is 0 Å². The lowest BCUT2D eigenvalue weighted by Gasteiger charge is -1.97. The Labute approximate surface area is 94.3 Å². The maximum absolute atomic E-state index is 2.39. The predicted octanol–water partition coefficient (Wildman–Crippen LogP) is 4.13. The topological polar surface area (TPSA) is 4.93 Å². The van der Waals surface area contributed by atoms with Crippen molar-refractivity contribution in [1.82, 2.24) is 4.57 Å². The molecule has 2 aromatic carbocycles. The van der Waals surface area contributed by atoms with E-state index < -0.39 is 0 Å². The van der Waals surface area contributed by atoms with E-state index in [0.29, 0.717) is 0 Å². The molecular formula is C15H13N. The Morgan fingerprint density at radius 3 is 2.50 bits per heavy atom. The van der Waals surface area contributed by atoms with Crippen molar-refractivity contribution in [3.05, 3.63) is 48.8 Å². The van der Waals surface area contributed by atoms with Gasteiger partial charge in [0.25, 0.3) is 0 Å². The van der Waals surface area contributed by atoms with Crippen molar-refractivity contribution in [3.63, 3.8) is 0 Å². The van der Waals surface area contributed by atoms with E-state index in [0.717, 1.165) is 6.04 Å². The summed E-state index contributed by atoms with van der Waals surface area (Å²) in [5, 5.41) is 5.47. The summed E-state index contributed by atoms with van der Waals surface area (Å²) in [5.74, 6) is 0. The Hall–Kier alpha value is -1.76. The summed E-state index contributed by atoms with van der Waals surface area (Å²) < 4.78 is 2.39. The van der Waals surface area contributed by atoms with Crippen LogP contribution in [-0.4, -0.2) is 4.57 Å². The molecule has 0 bridgehead atoms. The average molecular weight is 207 g/mol. The summed E-state index contributed by atoms with van der Waals surface area (Å²) in [6.45, 7) is 0. The first-order valence-corrected chi connectivity index (χ1v) is 5.91. The molecule has 3 aromatic rings. The molecule has 0 atom stereocenters. The zero-order valence-corrected chi connectivity index (χ0v) is 9.06. The van der Waals surface area contributed by atoms with Crippen molar-refractivity contribution in [3.8, 4) is 0 Å². The molecule has 1 aliphatic rings. The molecule has 16 heavy (non-hydrogen) atoms. The molecule has 1 nitrogen and oxygen atoms in total. The zero-order chi connectivity index (χ0) is 10.5. The summed E-state index contributed by atoms with van der Waals surface area (Å²) in [7, 11) is 0. The van der Waals surface area contributed by atoms with Gasteiger partial charge in [-0.2, -0.15) is 0 Å². The van der Waals surface area contributed by atoms with Gasteiger partial charge in [-0.25, -0.2) is 0 Å². The van der Waals surface area contributed by atoms with Crippen molar-refractivity contribution in [2.24, 2.45) is 0 Å². The Balaban J connectivity index is 2.11. The van der Waals surface area contributed by atoms with E-state index in [1.165, 1.54) is 34.4 Å². The van der Waals surface area contributed by atoms with E-state index in [4.69, 9.17) is 0 Å². The molecule has 0 radical (unpaired) electrons. The number of benzene rings is 2. The zero-order valence-electron chi connectivity index (χ0n) is 9.06. The maximum Gasteiger partial charge on any atom is 0.0332 e. The van der Waals surface area contributed by atoms with Gasteiger partial charge in [-0.1, -0.05) is 36.4 Å². The fraction of sp³-hybridized carbons (Fsp3) is 0.200. The summed E-state index contributed by atoms with van der Waals surface area (Å²) in [4.78, 5) is 0. The second-order valence-corrected chi connectivity index (χ2v) is 4.73. The van der Waals surface area contributed by atoms with Crippen molar-refractivity contribution in [1.29, 1.82) is 0 Å². The number of hydrogen-bond acceptors (Lipinski definition) is 0. The molecule has 0 saturated heterocycles. The minimum absolute atomic E-state index is 0.770. The van der Waals surface area contributed by atoms with E-state index >= 15 is 0 Å². The smallest absolute Gasteiger partial charge is 0.0332 e. The highest BCUT2D eigenvalue weighted by atomic mass is 15.0. The van der Waals surface area contributed by atoms with E-state index in [2.05, 4.69) is 53.4 Å². The van der Waals surface area contributed by atoms with Gasteiger partial charge in [0.1, 0.15) is 0 Å². The van der Waals surface area contributed by atoms with Gasteiger partial charge >= 0.3 is 0 Å². The van der Waals surface area contributed by atoms with Gasteiger partial charge in [-0.3, -0.25) is 0 Å². The number of aromatic nitrogens is 1. The van der Waals surface area contributed by atoms with Crippen LogP contribution in [0.25, 0.3) is 21.5 Å². The highest BCUT2D eigenvalue weighted by Crippen LogP contribution is 2.37. The molecule has 1 heteroatoms. The van der Waals surface area contributed by atoms with Crippen LogP contribution in [0.5, 0.6) is 0 Å². The van der Waals surface area contributed by atoms with Crippen LogP contribution in [0, 0.1) is 0 Å². The van der Waals surface area contributed by atoms with Gasteiger partial charge in [-0.05, 0) is 29.0 Å². The summed E-state index contributed by atoms with van der Waals surface area (Å²) >= 11 is 0. The van der Waals surface area contributed by atoms with Crippen LogP contribution in [0.2, 0.25) is 0 Å². The standard InChI is InChI=1S/C15H13N/c1-2-4-14-11(3-1)5-6-12-9-16(10-15(12)14)13-7-8-13/h1-6,9-10,13H,7-8H2. The number of fused-ring (bicyclic) bond motifs is 3. The van der Waals surface area contributed by atoms with Crippen molar-refractivity contribution >= 4 is 21.5 Å². The van der Waals surface area contributed by atoms with Crippen LogP contribution < -0.4 is 0 Å². The van der Waals surface area contributed by atoms with E-state index in [-0.39, 0.29) is 0 Å². The SMILES string of the molecule is c1ccc2c(c1)ccc1cn(C3CC3)cc12. The highest BCUT2D eigenvalue weighted by Gasteiger charge is 2.23. The minimum Gasteiger partial charge on any atom is -0.350 e. The van der Waals surface area contributed by atoms with E-state index in [1.807, 2.05) is 0 Å². The summed E-state index contributed by atoms with van der Waals surface area (Å²) in [5.41, 5.74) is 0. The first-order chi connectivity index (χ1) is 7.92. The lowest BCUT2D eigenvalue weighted by atomic mass is 10.1. The molecule has 1 fully saturated rings. The fourth-order valence-corrected chi connectivity index (χ4v) is 2.50. The van der Waals surface area contributed by atoms with Crippen LogP contribution in [0.4, 0.5) is 0 Å². The molecule has 0 amide bonds. The third-order valence-electron chi connectivity index (χ3n) is 3.54. The van der Waals surface area contributed by atoms with Gasteiger partial charge < -0.3 is 4.57 Å². The van der Waals surface area contributed by atoms with Crippen LogP contribution in [-0.2, 0) is 0 Å². The number of rotatable bonds is 1. The van der Waals surface area contributed by atoms with Gasteiger partial charge in [0, 0.05) is 23.8 Å². The first-order valence-electron chi connectivity index (χ1n) is 5.91. The lowest BCUT2D eigenvalue weighted by Crippen LogP contribution is -1.85. The monoisotopic (exact) mass is 207 g/mol. The molecular weight excluding hydrogens is 194 g/mol. The van der Waals surface area contributed by atoms with Crippen LogP contribution >= 0.6 is 0 Å². The Bertz CT molecular complexity index is 674. The molecule has 0 unspecified atom stereocenters. The lowest BCUT2D eigenvalue weighted by molar-refractivity contribution is 0.751. The molecule has 1 heterocycles. The van der Waals surface area contributed by atoms with Crippen molar-refractivity contribution < 1.29 is 0 Å². The van der Waals surface area contributed by atoms with Crippen LogP contribution in [0.1, 0.15) is 18.9 Å². The fourth-order valence-electron chi connectivity index (χ4n) is 2.50. The average Bonchev–Trinajstić information content (AvgIpc) is 3.08. The Morgan fingerprint density at radius 2 is 1.62 bits per heavy atom. The largest absolute Gasteiger partial charge is 0.350 e. The van der Waals surface area contributed by atoms with Gasteiger partial charge in [0.05, 0.1) is 0 Å². The second kappa shape index (κ2) is 2.88. The third kappa shape index (κ3) is 1.12. The summed E-state index contributed by atoms with van der Waals surface area (Å²) in [6, 6.07) is 13.8. The normalized spacial score (nSPS) is 16.0. The quantitative estimate of drug-likeness (QED) is 0.565. The van der Waals surface area contributed by atoms with Gasteiger partial charge in [-0.15, -0.1) is 0 Å². The molecule has 0 N–H and O–H groups in total. The Morgan fingerprint density at radius 1 is 0.812 bits per heavy atom. The highest BCUT2D eigenvalue weighted by molar-refractivity contribution is 6.07. The second-order valence-electron chi connectivity index (χ2n) is 4.73. The van der Waals surface area contributed by atoms with Crippen LogP contribution in [0.3, 0.4) is 0 Å². The van der Waals surface area contributed by atoms with E-state index in [9.17, 15) is 0 Å². The molecule has 1 aromatic heterocycles. The van der Waals surface area contributed by atoms with E-state index in [1.54, 1.807) is 0 Å². The third-order valence-corrected chi connectivity index (χ3v) is 3.54. The van der Waals surface area contributed by atoms with Gasteiger partial charge in [0.2, 0.25) is 0 Å². The predicted molar refractivity (Wildman–Crippen MR) is 67.7 cm³/mol. The minimum atomic E-state index is 0.770. The maximum atomic E-state index is 2.39. The first kappa shape index (κ1) is 8.40. The van der Waals surface area contributed by atoms with Crippen molar-refractivity contribution in [2.75, 3.05) is 0 Å². The Kier molecular flexibility index (Phi) is 1.51.